The summed E-state index contributed by atoms with van der Waals surface area (Å²) in [5.41, 5.74) is 4.27. The van der Waals surface area contributed by atoms with Crippen molar-refractivity contribution in [2.45, 2.75) is 71.2 Å². The van der Waals surface area contributed by atoms with Crippen LogP contribution in [0.5, 0.6) is 0 Å². The Balaban J connectivity index is 1.51. The lowest BCUT2D eigenvalue weighted by molar-refractivity contribution is -0.137. The van der Waals surface area contributed by atoms with E-state index >= 15 is 0 Å². The van der Waals surface area contributed by atoms with E-state index in [0.717, 1.165) is 29.0 Å². The molecule has 0 saturated carbocycles. The molecule has 0 radical (unpaired) electrons. The summed E-state index contributed by atoms with van der Waals surface area (Å²) in [5.74, 6) is -1.16. The predicted molar refractivity (Wildman–Crippen MR) is 187 cm³/mol. The molecule has 2 amide bonds. The fraction of sp³-hybridized carbons (Fsp3) is 0.692. The van der Waals surface area contributed by atoms with Crippen molar-refractivity contribution in [2.24, 2.45) is 11.3 Å². The lowest BCUT2D eigenvalue weighted by Gasteiger charge is -2.30. The molecule has 0 spiro atoms. The van der Waals surface area contributed by atoms with Gasteiger partial charge in [-0.15, -0.1) is 0 Å². The van der Waals surface area contributed by atoms with Crippen molar-refractivity contribution in [3.8, 4) is 0 Å². The quantitative estimate of drug-likeness (QED) is 0.0575. The molecule has 3 rings (SSSR count). The van der Waals surface area contributed by atoms with E-state index in [1.807, 2.05) is 13.8 Å². The standard InChI is InChI=1S/C26H44N7O17P3S/c1-5-14(2)25(38)54-9-8-28-16(34)6-7-29-23(37)20(36)26(3,4)11-47-53(44,45)50-52(42,43)46-10-15-19(49-51(39,40)41)18(35)24(48-15)33-13-32-17-21(27)30-12-31-22(17)33/h12-15,18-20,24,35-36H,5-11H2,1-4H3,(H,28,34)(H,29,37)(H,42,43)(H,44,45)(H2,27,30,31)(H2,39,40,41)/t14-,15-,18-,19-,20?,24-/m1/s1. The summed E-state index contributed by atoms with van der Waals surface area (Å²) < 4.78 is 62.0. The van der Waals surface area contributed by atoms with E-state index in [1.54, 1.807) is 0 Å². The van der Waals surface area contributed by atoms with Crippen LogP contribution >= 0.6 is 35.2 Å². The number of fused-ring (bicyclic) bond motifs is 1. The first kappa shape index (κ1) is 45.9. The predicted octanol–water partition coefficient (Wildman–Crippen LogP) is -0.289. The summed E-state index contributed by atoms with van der Waals surface area (Å²) >= 11 is 1.10. The SMILES string of the molecule is CC[C@@H](C)C(=O)SCCNC(=O)CCNC(=O)C(O)C(C)(C)COP(=O)(O)OP(=O)(O)OC[C@H]1O[C@@H](n2cnc3c(N)ncnc32)[C@H](O)[C@@H]1OP(=O)(O)O. The van der Waals surface area contributed by atoms with Gasteiger partial charge >= 0.3 is 23.5 Å². The number of nitrogens with one attached hydrogen (secondary N) is 2. The number of phosphoric ester groups is 3. The zero-order chi connectivity index (χ0) is 40.6. The summed E-state index contributed by atoms with van der Waals surface area (Å²) in [7, 11) is -16.4. The van der Waals surface area contributed by atoms with E-state index in [-0.39, 0.29) is 47.5 Å². The van der Waals surface area contributed by atoms with Crippen LogP contribution in [0.1, 0.15) is 46.8 Å². The Bertz CT molecular complexity index is 1780. The zero-order valence-electron chi connectivity index (χ0n) is 29.4. The van der Waals surface area contributed by atoms with Crippen LogP contribution in [0.15, 0.2) is 12.7 Å². The van der Waals surface area contributed by atoms with Gasteiger partial charge in [-0.25, -0.2) is 28.6 Å². The van der Waals surface area contributed by atoms with Gasteiger partial charge < -0.3 is 50.9 Å². The van der Waals surface area contributed by atoms with Gasteiger partial charge in [0, 0.05) is 36.6 Å². The summed E-state index contributed by atoms with van der Waals surface area (Å²) in [6.45, 7) is 4.23. The number of nitrogens with zero attached hydrogens (tertiary/aromatic N) is 4. The molecule has 28 heteroatoms. The van der Waals surface area contributed by atoms with Gasteiger partial charge in [0.15, 0.2) is 22.8 Å². The monoisotopic (exact) mass is 851 g/mol. The number of aromatic nitrogens is 4. The number of nitrogens with two attached hydrogens (primary N) is 1. The lowest BCUT2D eigenvalue weighted by Crippen LogP contribution is -2.46. The number of rotatable bonds is 21. The molecule has 1 aliphatic heterocycles. The van der Waals surface area contributed by atoms with Crippen molar-refractivity contribution < 1.29 is 80.5 Å². The van der Waals surface area contributed by atoms with E-state index in [4.69, 9.17) is 19.5 Å². The molecular formula is C26H44N7O17P3S. The second-order valence-electron chi connectivity index (χ2n) is 12.5. The highest BCUT2D eigenvalue weighted by Gasteiger charge is 2.50. The number of aliphatic hydroxyl groups excluding tert-OH is 2. The highest BCUT2D eigenvalue weighted by Crippen LogP contribution is 2.61. The van der Waals surface area contributed by atoms with Crippen molar-refractivity contribution in [1.29, 1.82) is 0 Å². The maximum Gasteiger partial charge on any atom is 0.481 e. The van der Waals surface area contributed by atoms with Crippen LogP contribution in [0.2, 0.25) is 0 Å². The van der Waals surface area contributed by atoms with E-state index in [2.05, 4.69) is 34.4 Å². The van der Waals surface area contributed by atoms with Crippen molar-refractivity contribution in [1.82, 2.24) is 30.2 Å². The number of hydrogen-bond donors (Lipinski definition) is 9. The van der Waals surface area contributed by atoms with Crippen molar-refractivity contribution in [3.63, 3.8) is 0 Å². The Morgan fingerprint density at radius 3 is 2.39 bits per heavy atom. The molecule has 24 nitrogen and oxygen atoms in total. The van der Waals surface area contributed by atoms with Crippen LogP contribution in [0.25, 0.3) is 11.2 Å². The molecule has 0 aromatic carbocycles. The molecule has 2 aromatic heterocycles. The number of imidazole rings is 1. The fourth-order valence-corrected chi connectivity index (χ4v) is 8.28. The van der Waals surface area contributed by atoms with Gasteiger partial charge in [-0.2, -0.15) is 4.31 Å². The van der Waals surface area contributed by atoms with Crippen LogP contribution in [0.4, 0.5) is 5.82 Å². The summed E-state index contributed by atoms with van der Waals surface area (Å²) in [6.07, 6.45) is -6.18. The fourth-order valence-electron chi connectivity index (χ4n) is 4.59. The molecular weight excluding hydrogens is 807 g/mol. The van der Waals surface area contributed by atoms with Gasteiger partial charge in [0.2, 0.25) is 11.8 Å². The molecule has 10 N–H and O–H groups in total. The molecule has 3 unspecified atom stereocenters. The number of carbonyl (C=O) groups excluding carboxylic acids is 3. The first-order valence-corrected chi connectivity index (χ1v) is 21.5. The van der Waals surface area contributed by atoms with Crippen molar-refractivity contribution >= 4 is 69.1 Å². The Hall–Kier alpha value is -2.44. The Kier molecular flexibility index (Phi) is 16.3. The number of carbonyl (C=O) groups is 3. The number of ether oxygens (including phenoxy) is 1. The van der Waals surface area contributed by atoms with Crippen LogP contribution in [0.3, 0.4) is 0 Å². The van der Waals surface area contributed by atoms with Crippen molar-refractivity contribution in [3.05, 3.63) is 12.7 Å². The lowest BCUT2D eigenvalue weighted by atomic mass is 9.87. The minimum absolute atomic E-state index is 0.0173. The highest BCUT2D eigenvalue weighted by molar-refractivity contribution is 8.13. The van der Waals surface area contributed by atoms with E-state index < -0.39 is 84.6 Å². The van der Waals surface area contributed by atoms with Crippen molar-refractivity contribution in [2.75, 3.05) is 37.8 Å². The molecule has 306 valence electrons. The third kappa shape index (κ3) is 13.4. The summed E-state index contributed by atoms with van der Waals surface area (Å²) in [6, 6.07) is 0. The Morgan fingerprint density at radius 1 is 1.07 bits per heavy atom. The largest absolute Gasteiger partial charge is 0.481 e. The van der Waals surface area contributed by atoms with Crippen LogP contribution in [-0.2, 0) is 50.7 Å². The maximum absolute atomic E-state index is 12.7. The molecule has 54 heavy (non-hydrogen) atoms. The Morgan fingerprint density at radius 2 is 1.74 bits per heavy atom. The second kappa shape index (κ2) is 19.1. The van der Waals surface area contributed by atoms with E-state index in [9.17, 15) is 57.9 Å². The Labute approximate surface area is 312 Å². The van der Waals surface area contributed by atoms with Crippen LogP contribution < -0.4 is 16.4 Å². The first-order valence-electron chi connectivity index (χ1n) is 16.0. The molecule has 1 aliphatic rings. The van der Waals surface area contributed by atoms with E-state index in [0.29, 0.717) is 12.2 Å². The number of nitrogen functional groups attached to an aromatic ring is 1. The summed E-state index contributed by atoms with van der Waals surface area (Å²) in [4.78, 5) is 87.3. The smallest absolute Gasteiger partial charge is 0.386 e. The second-order valence-corrected chi connectivity index (χ2v) is 17.9. The number of phosphoric acid groups is 3. The minimum atomic E-state index is -5.56. The van der Waals surface area contributed by atoms with Gasteiger partial charge in [0.05, 0.1) is 19.5 Å². The van der Waals surface area contributed by atoms with Crippen LogP contribution in [-0.4, -0.2) is 123 Å². The molecule has 1 fully saturated rings. The molecule has 0 aliphatic carbocycles. The normalized spacial score (nSPS) is 22.6. The van der Waals surface area contributed by atoms with Gasteiger partial charge in [0.25, 0.3) is 0 Å². The summed E-state index contributed by atoms with van der Waals surface area (Å²) in [5, 5.41) is 26.3. The molecule has 1 saturated heterocycles. The first-order chi connectivity index (χ1) is 25.0. The molecule has 0 bridgehead atoms. The molecule has 8 atom stereocenters. The minimum Gasteiger partial charge on any atom is -0.386 e. The molecule has 3 heterocycles. The van der Waals surface area contributed by atoms with E-state index in [1.165, 1.54) is 13.8 Å². The van der Waals surface area contributed by atoms with Gasteiger partial charge in [-0.3, -0.25) is 32.5 Å². The molecule has 2 aromatic rings. The average molecular weight is 852 g/mol. The third-order valence-electron chi connectivity index (χ3n) is 7.76. The van der Waals surface area contributed by atoms with Gasteiger partial charge in [0.1, 0.15) is 36.3 Å². The highest BCUT2D eigenvalue weighted by atomic mass is 32.2. The number of anilines is 1. The van der Waals surface area contributed by atoms with Crippen LogP contribution in [0, 0.1) is 11.3 Å². The maximum atomic E-state index is 12.7. The number of hydrogen-bond acceptors (Lipinski definition) is 18. The van der Waals surface area contributed by atoms with Gasteiger partial charge in [-0.05, 0) is 6.42 Å². The topological polar surface area (TPSA) is 364 Å². The zero-order valence-corrected chi connectivity index (χ0v) is 32.9. The average Bonchev–Trinajstić information content (AvgIpc) is 3.64. The third-order valence-corrected chi connectivity index (χ3v) is 12.0. The number of aliphatic hydroxyl groups is 2. The number of thioether (sulfide) groups is 1. The number of amides is 2. The van der Waals surface area contributed by atoms with Gasteiger partial charge in [-0.1, -0.05) is 39.5 Å².